The highest BCUT2D eigenvalue weighted by Gasteiger charge is 2.23. The Hall–Kier alpha value is -2.57. The maximum Gasteiger partial charge on any atom is 0.418 e. The van der Waals surface area contributed by atoms with E-state index in [-0.39, 0.29) is 0 Å². The number of carbonyl (C=O) groups is 1. The Labute approximate surface area is 194 Å². The van der Waals surface area contributed by atoms with Crippen LogP contribution in [0.4, 0.5) is 10.6 Å². The number of carbonyl (C=O) groups excluding carboxylic acids is 1. The summed E-state index contributed by atoms with van der Waals surface area (Å²) in [5.41, 5.74) is 3.14. The third-order valence-corrected chi connectivity index (χ3v) is 6.38. The predicted molar refractivity (Wildman–Crippen MR) is 130 cm³/mol. The molecular formula is C25H31ClN4O2. The fraction of sp³-hybridized carbons (Fsp3) is 0.440. The Morgan fingerprint density at radius 1 is 1.22 bits per heavy atom. The summed E-state index contributed by atoms with van der Waals surface area (Å²) in [5, 5.41) is 3.24. The third-order valence-electron chi connectivity index (χ3n) is 6.14. The number of nitrogens with zero attached hydrogens (tertiary/aromatic N) is 2. The fourth-order valence-electron chi connectivity index (χ4n) is 4.40. The molecule has 2 N–H and O–H groups in total. The van der Waals surface area contributed by atoms with Crippen molar-refractivity contribution in [1.82, 2.24) is 14.9 Å². The molecule has 3 heterocycles. The zero-order valence-electron chi connectivity index (χ0n) is 18.6. The molecule has 3 aromatic rings. The normalized spacial score (nSPS) is 15.2. The minimum absolute atomic E-state index is 0.389. The van der Waals surface area contributed by atoms with Crippen LogP contribution in [0, 0.1) is 0 Å². The zero-order valence-corrected chi connectivity index (χ0v) is 19.3. The van der Waals surface area contributed by atoms with Gasteiger partial charge in [-0.2, -0.15) is 0 Å². The Morgan fingerprint density at radius 3 is 2.84 bits per heavy atom. The van der Waals surface area contributed by atoms with Crippen LogP contribution in [0.3, 0.4) is 0 Å². The molecule has 1 fully saturated rings. The van der Waals surface area contributed by atoms with Crippen molar-refractivity contribution in [1.29, 1.82) is 0 Å². The minimum Gasteiger partial charge on any atom is -0.410 e. The monoisotopic (exact) mass is 454 g/mol. The largest absolute Gasteiger partial charge is 0.418 e. The number of unbranched alkanes of at least 4 members (excludes halogenated alkanes) is 3. The molecule has 1 amide bonds. The molecule has 1 aliphatic heterocycles. The quantitative estimate of drug-likeness (QED) is 0.377. The summed E-state index contributed by atoms with van der Waals surface area (Å²) < 4.78 is 5.31. The van der Waals surface area contributed by atoms with Crippen LogP contribution in [0.15, 0.2) is 42.6 Å². The first-order valence-electron chi connectivity index (χ1n) is 11.6. The average Bonchev–Trinajstić information content (AvgIpc) is 3.20. The molecule has 0 unspecified atom stereocenters. The Balaban J connectivity index is 1.37. The Morgan fingerprint density at radius 2 is 2.06 bits per heavy atom. The number of benzene rings is 1. The molecule has 32 heavy (non-hydrogen) atoms. The third kappa shape index (κ3) is 5.81. The van der Waals surface area contributed by atoms with E-state index in [4.69, 9.17) is 21.3 Å². The molecule has 1 aromatic carbocycles. The van der Waals surface area contributed by atoms with E-state index >= 15 is 0 Å². The second-order valence-corrected chi connectivity index (χ2v) is 8.92. The van der Waals surface area contributed by atoms with Crippen LogP contribution in [-0.4, -0.2) is 40.6 Å². The van der Waals surface area contributed by atoms with Gasteiger partial charge in [-0.1, -0.05) is 43.9 Å². The number of aromatic amines is 1. The number of hydrogen-bond donors (Lipinski definition) is 2. The lowest BCUT2D eigenvalue weighted by Crippen LogP contribution is -2.33. The maximum absolute atomic E-state index is 12.3. The summed E-state index contributed by atoms with van der Waals surface area (Å²) in [7, 11) is 0. The van der Waals surface area contributed by atoms with Crippen molar-refractivity contribution in [2.75, 3.05) is 25.0 Å². The predicted octanol–water partition coefficient (Wildman–Crippen LogP) is 6.59. The first-order chi connectivity index (χ1) is 15.6. The first-order valence-corrected chi connectivity index (χ1v) is 11.9. The van der Waals surface area contributed by atoms with Crippen molar-refractivity contribution in [2.45, 2.75) is 51.4 Å². The van der Waals surface area contributed by atoms with Crippen LogP contribution >= 0.6 is 11.6 Å². The number of aromatic nitrogens is 2. The van der Waals surface area contributed by atoms with Gasteiger partial charge in [0.15, 0.2) is 0 Å². The van der Waals surface area contributed by atoms with Crippen LogP contribution in [0.2, 0.25) is 5.02 Å². The molecule has 7 heteroatoms. The number of piperidine rings is 1. The van der Waals surface area contributed by atoms with Gasteiger partial charge in [0.2, 0.25) is 0 Å². The van der Waals surface area contributed by atoms with Gasteiger partial charge < -0.3 is 14.6 Å². The first kappa shape index (κ1) is 22.6. The molecule has 4 rings (SSSR count). The smallest absolute Gasteiger partial charge is 0.410 e. The number of likely N-dealkylation sites (tertiary alicyclic amines) is 1. The van der Waals surface area contributed by atoms with Crippen LogP contribution in [0.5, 0.6) is 5.75 Å². The highest BCUT2D eigenvalue weighted by molar-refractivity contribution is 6.30. The Kier molecular flexibility index (Phi) is 7.66. The minimum atomic E-state index is -0.590. The summed E-state index contributed by atoms with van der Waals surface area (Å²) >= 11 is 5.95. The Bertz CT molecular complexity index is 1040. The number of hydrogen-bond acceptors (Lipinski definition) is 4. The van der Waals surface area contributed by atoms with Crippen molar-refractivity contribution in [2.24, 2.45) is 0 Å². The summed E-state index contributed by atoms with van der Waals surface area (Å²) in [5.74, 6) is 1.34. The fourth-order valence-corrected chi connectivity index (χ4v) is 4.58. The van der Waals surface area contributed by atoms with E-state index in [1.165, 1.54) is 37.8 Å². The highest BCUT2D eigenvalue weighted by Crippen LogP contribution is 2.33. The topological polar surface area (TPSA) is 70.2 Å². The molecule has 0 bridgehead atoms. The second kappa shape index (κ2) is 10.8. The number of rotatable bonds is 8. The van der Waals surface area contributed by atoms with Gasteiger partial charge >= 0.3 is 6.09 Å². The highest BCUT2D eigenvalue weighted by atomic mass is 35.5. The van der Waals surface area contributed by atoms with Gasteiger partial charge in [0.05, 0.1) is 11.0 Å². The summed E-state index contributed by atoms with van der Waals surface area (Å²) in [6.07, 6.45) is 9.01. The lowest BCUT2D eigenvalue weighted by Gasteiger charge is -2.31. The van der Waals surface area contributed by atoms with Crippen molar-refractivity contribution in [3.63, 3.8) is 0 Å². The zero-order chi connectivity index (χ0) is 22.3. The van der Waals surface area contributed by atoms with Crippen LogP contribution in [0.25, 0.3) is 11.0 Å². The molecular weight excluding hydrogens is 424 g/mol. The number of fused-ring (bicyclic) bond motifs is 1. The van der Waals surface area contributed by atoms with Crippen molar-refractivity contribution >= 4 is 34.5 Å². The van der Waals surface area contributed by atoms with E-state index in [2.05, 4.69) is 28.3 Å². The SMILES string of the molecule is CCCCCCN1CCC(c2c[nH]c3ccc(NC(=O)Oc4cccc(Cl)c4)nc23)CC1. The molecule has 2 aromatic heterocycles. The van der Waals surface area contributed by atoms with Gasteiger partial charge in [0.1, 0.15) is 11.6 Å². The maximum atomic E-state index is 12.3. The number of pyridine rings is 1. The lowest BCUT2D eigenvalue weighted by atomic mass is 9.90. The van der Waals surface area contributed by atoms with E-state index in [9.17, 15) is 4.79 Å². The number of ether oxygens (including phenoxy) is 1. The van der Waals surface area contributed by atoms with Crippen molar-refractivity contribution in [3.8, 4) is 5.75 Å². The number of halogens is 1. The van der Waals surface area contributed by atoms with Crippen molar-refractivity contribution in [3.05, 3.63) is 53.2 Å². The number of anilines is 1. The second-order valence-electron chi connectivity index (χ2n) is 8.49. The van der Waals surface area contributed by atoms with Gasteiger partial charge in [-0.15, -0.1) is 0 Å². The van der Waals surface area contributed by atoms with E-state index in [1.54, 1.807) is 30.3 Å². The van der Waals surface area contributed by atoms with E-state index in [0.29, 0.717) is 22.5 Å². The lowest BCUT2D eigenvalue weighted by molar-refractivity contribution is 0.208. The van der Waals surface area contributed by atoms with E-state index < -0.39 is 6.09 Å². The molecule has 0 radical (unpaired) electrons. The van der Waals surface area contributed by atoms with Gasteiger partial charge in [0.25, 0.3) is 0 Å². The van der Waals surface area contributed by atoms with Crippen LogP contribution in [-0.2, 0) is 0 Å². The molecule has 6 nitrogen and oxygen atoms in total. The number of H-pyrrole nitrogens is 1. The van der Waals surface area contributed by atoms with Gasteiger partial charge in [0, 0.05) is 11.2 Å². The molecule has 0 saturated carbocycles. The summed E-state index contributed by atoms with van der Waals surface area (Å²) in [4.78, 5) is 22.9. The molecule has 0 aliphatic carbocycles. The van der Waals surface area contributed by atoms with E-state index in [0.717, 1.165) is 37.0 Å². The standard InChI is InChI=1S/C25H31ClN4O2/c1-2-3-4-5-13-30-14-11-18(12-15-30)21-17-27-22-9-10-23(28-24(21)22)29-25(31)32-20-8-6-7-19(26)16-20/h6-10,16-18,27H,2-5,11-15H2,1H3,(H,28,29,31). The average molecular weight is 455 g/mol. The number of amides is 1. The van der Waals surface area contributed by atoms with Gasteiger partial charge in [-0.05, 0) is 80.7 Å². The van der Waals surface area contributed by atoms with Crippen molar-refractivity contribution < 1.29 is 9.53 Å². The van der Waals surface area contributed by atoms with Gasteiger partial charge in [-0.3, -0.25) is 5.32 Å². The van der Waals surface area contributed by atoms with Gasteiger partial charge in [-0.25, -0.2) is 9.78 Å². The van der Waals surface area contributed by atoms with E-state index in [1.807, 2.05) is 6.07 Å². The number of nitrogens with one attached hydrogen (secondary N) is 2. The molecule has 1 aliphatic rings. The summed E-state index contributed by atoms with van der Waals surface area (Å²) in [6, 6.07) is 10.5. The van der Waals surface area contributed by atoms with Crippen LogP contribution < -0.4 is 10.1 Å². The molecule has 0 spiro atoms. The molecule has 0 atom stereocenters. The van der Waals surface area contributed by atoms with Crippen LogP contribution in [0.1, 0.15) is 56.9 Å². The summed E-state index contributed by atoms with van der Waals surface area (Å²) in [6.45, 7) is 5.73. The molecule has 1 saturated heterocycles. The molecule has 170 valence electrons.